The van der Waals surface area contributed by atoms with E-state index in [2.05, 4.69) is 62.5 Å². The number of hydrogen-bond acceptors (Lipinski definition) is 5. The lowest BCUT2D eigenvalue weighted by atomic mass is 10.0. The zero-order valence-electron chi connectivity index (χ0n) is 37.0. The molecular formula is C50H91NO5. The summed E-state index contributed by atoms with van der Waals surface area (Å²) in [5, 5.41) is 23.5. The molecule has 0 fully saturated rings. The molecule has 0 bridgehead atoms. The van der Waals surface area contributed by atoms with Crippen LogP contribution in [0.3, 0.4) is 0 Å². The van der Waals surface area contributed by atoms with Crippen LogP contribution < -0.4 is 5.32 Å². The molecule has 0 radical (unpaired) electrons. The van der Waals surface area contributed by atoms with Gasteiger partial charge in [0.05, 0.1) is 25.2 Å². The Morgan fingerprint density at radius 2 is 1.00 bits per heavy atom. The molecule has 0 saturated heterocycles. The first kappa shape index (κ1) is 53.8. The third kappa shape index (κ3) is 38.7. The molecule has 1 amide bonds. The van der Waals surface area contributed by atoms with Crippen molar-refractivity contribution in [3.05, 3.63) is 48.6 Å². The molecule has 56 heavy (non-hydrogen) atoms. The van der Waals surface area contributed by atoms with Crippen LogP contribution in [0.4, 0.5) is 0 Å². The van der Waals surface area contributed by atoms with E-state index < -0.39 is 18.2 Å². The van der Waals surface area contributed by atoms with Crippen molar-refractivity contribution in [2.75, 3.05) is 6.61 Å². The number of amides is 1. The quantitative estimate of drug-likeness (QED) is 0.0248. The largest absolute Gasteiger partial charge is 0.458 e. The maximum absolute atomic E-state index is 13.1. The monoisotopic (exact) mass is 786 g/mol. The van der Waals surface area contributed by atoms with Gasteiger partial charge in [0.1, 0.15) is 6.10 Å². The Hall–Kier alpha value is -2.18. The van der Waals surface area contributed by atoms with Gasteiger partial charge in [-0.1, -0.05) is 205 Å². The van der Waals surface area contributed by atoms with Gasteiger partial charge in [-0.05, 0) is 63.9 Å². The highest BCUT2D eigenvalue weighted by Crippen LogP contribution is 2.15. The van der Waals surface area contributed by atoms with Crippen LogP contribution in [0.2, 0.25) is 0 Å². The minimum Gasteiger partial charge on any atom is -0.458 e. The van der Waals surface area contributed by atoms with Crippen LogP contribution in [0, 0.1) is 0 Å². The second-order valence-electron chi connectivity index (χ2n) is 16.2. The summed E-state index contributed by atoms with van der Waals surface area (Å²) >= 11 is 0. The van der Waals surface area contributed by atoms with Gasteiger partial charge >= 0.3 is 5.97 Å². The number of esters is 1. The molecule has 0 aromatic carbocycles. The van der Waals surface area contributed by atoms with Gasteiger partial charge in [0.15, 0.2) is 0 Å². The highest BCUT2D eigenvalue weighted by atomic mass is 16.5. The van der Waals surface area contributed by atoms with Gasteiger partial charge in [-0.15, -0.1) is 0 Å². The smallest absolute Gasteiger partial charge is 0.306 e. The van der Waals surface area contributed by atoms with Crippen LogP contribution in [0.25, 0.3) is 0 Å². The van der Waals surface area contributed by atoms with Crippen LogP contribution in [0.5, 0.6) is 0 Å². The summed E-state index contributed by atoms with van der Waals surface area (Å²) in [6.07, 6.45) is 52.0. The summed E-state index contributed by atoms with van der Waals surface area (Å²) in [6, 6.07) is -0.735. The van der Waals surface area contributed by atoms with Gasteiger partial charge in [0.25, 0.3) is 0 Å². The van der Waals surface area contributed by atoms with E-state index in [-0.39, 0.29) is 24.9 Å². The molecule has 3 N–H and O–H groups in total. The molecule has 3 unspecified atom stereocenters. The van der Waals surface area contributed by atoms with E-state index in [9.17, 15) is 19.8 Å². The average Bonchev–Trinajstić information content (AvgIpc) is 3.19. The number of ether oxygens (including phenoxy) is 1. The Kier molecular flexibility index (Phi) is 42.2. The third-order valence-corrected chi connectivity index (χ3v) is 10.7. The molecule has 6 heteroatoms. The lowest BCUT2D eigenvalue weighted by molar-refractivity contribution is -0.148. The fourth-order valence-electron chi connectivity index (χ4n) is 6.97. The summed E-state index contributed by atoms with van der Waals surface area (Å²) < 4.78 is 5.79. The Balaban J connectivity index is 4.69. The number of nitrogens with one attached hydrogen (secondary N) is 1. The molecule has 0 aromatic rings. The topological polar surface area (TPSA) is 95.9 Å². The first-order valence-corrected chi connectivity index (χ1v) is 23.9. The third-order valence-electron chi connectivity index (χ3n) is 10.7. The maximum Gasteiger partial charge on any atom is 0.306 e. The fourth-order valence-corrected chi connectivity index (χ4v) is 6.97. The second kappa shape index (κ2) is 43.9. The highest BCUT2D eigenvalue weighted by molar-refractivity contribution is 5.78. The molecule has 0 aliphatic heterocycles. The van der Waals surface area contributed by atoms with Crippen LogP contribution in [-0.2, 0) is 14.3 Å². The van der Waals surface area contributed by atoms with Crippen molar-refractivity contribution in [1.82, 2.24) is 5.32 Å². The van der Waals surface area contributed by atoms with E-state index in [0.29, 0.717) is 19.3 Å². The van der Waals surface area contributed by atoms with E-state index in [4.69, 9.17) is 4.74 Å². The van der Waals surface area contributed by atoms with Gasteiger partial charge in [-0.25, -0.2) is 0 Å². The van der Waals surface area contributed by atoms with Gasteiger partial charge in [0, 0.05) is 6.42 Å². The van der Waals surface area contributed by atoms with Crippen molar-refractivity contribution in [3.8, 4) is 0 Å². The number of carbonyl (C=O) groups is 2. The molecular weight excluding hydrogens is 695 g/mol. The van der Waals surface area contributed by atoms with Crippen molar-refractivity contribution in [1.29, 1.82) is 0 Å². The Bertz CT molecular complexity index is 972. The van der Waals surface area contributed by atoms with Crippen molar-refractivity contribution >= 4 is 11.9 Å². The van der Waals surface area contributed by atoms with E-state index in [0.717, 1.165) is 57.8 Å². The van der Waals surface area contributed by atoms with Gasteiger partial charge in [-0.2, -0.15) is 0 Å². The number of rotatable bonds is 42. The van der Waals surface area contributed by atoms with E-state index in [1.807, 2.05) is 12.2 Å². The van der Waals surface area contributed by atoms with Crippen LogP contribution >= 0.6 is 0 Å². The number of aliphatic hydroxyl groups is 2. The van der Waals surface area contributed by atoms with Crippen LogP contribution in [0.1, 0.15) is 233 Å². The Morgan fingerprint density at radius 1 is 0.554 bits per heavy atom. The number of unbranched alkanes of at least 4 members (excludes halogenated alkanes) is 25. The van der Waals surface area contributed by atoms with E-state index in [1.165, 1.54) is 128 Å². The van der Waals surface area contributed by atoms with Gasteiger partial charge < -0.3 is 20.3 Å². The van der Waals surface area contributed by atoms with E-state index in [1.54, 1.807) is 0 Å². The second-order valence-corrected chi connectivity index (χ2v) is 16.2. The normalized spacial score (nSPS) is 13.7. The molecule has 0 spiro atoms. The molecule has 0 aromatic heterocycles. The number of allylic oxidation sites excluding steroid dienone is 7. The summed E-state index contributed by atoms with van der Waals surface area (Å²) in [5.41, 5.74) is 0. The Labute approximate surface area is 346 Å². The summed E-state index contributed by atoms with van der Waals surface area (Å²) in [5.74, 6) is -0.634. The van der Waals surface area contributed by atoms with Crippen molar-refractivity contribution in [2.24, 2.45) is 0 Å². The molecule has 326 valence electrons. The maximum atomic E-state index is 13.1. The molecule has 0 heterocycles. The van der Waals surface area contributed by atoms with Crippen molar-refractivity contribution in [3.63, 3.8) is 0 Å². The van der Waals surface area contributed by atoms with Gasteiger partial charge in [0.2, 0.25) is 5.91 Å². The first-order valence-electron chi connectivity index (χ1n) is 23.9. The number of carbonyl (C=O) groups excluding carboxylic acids is 2. The minimum absolute atomic E-state index is 0.0392. The number of aliphatic hydroxyl groups excluding tert-OH is 2. The zero-order valence-corrected chi connectivity index (χ0v) is 37.0. The number of hydrogen-bond donors (Lipinski definition) is 3. The summed E-state index contributed by atoms with van der Waals surface area (Å²) in [4.78, 5) is 25.9. The molecule has 0 saturated carbocycles. The van der Waals surface area contributed by atoms with Crippen LogP contribution in [0.15, 0.2) is 48.6 Å². The summed E-state index contributed by atoms with van der Waals surface area (Å²) in [7, 11) is 0. The molecule has 3 atom stereocenters. The Morgan fingerprint density at radius 3 is 1.50 bits per heavy atom. The minimum atomic E-state index is -0.813. The van der Waals surface area contributed by atoms with Crippen molar-refractivity contribution < 1.29 is 24.5 Å². The molecule has 0 aliphatic rings. The standard InChI is InChI=1S/C50H91NO5/c1-4-7-10-13-16-19-22-23-24-25-26-28-31-34-37-40-43-50(55)56-46(41-38-35-32-29-27-20-17-14-11-8-5-2)44-49(54)51-47(45-52)48(53)42-39-36-33-30-21-18-15-12-9-6-3/h24-26,28-29,32,38,41,46-48,52-53H,4-23,27,30-31,33-37,39-40,42-45H2,1-3H3,(H,51,54)/b25-24+,28-26+,32-29-,41-38+. The first-order chi connectivity index (χ1) is 27.5. The molecule has 6 nitrogen and oxygen atoms in total. The van der Waals surface area contributed by atoms with Gasteiger partial charge in [-0.3, -0.25) is 9.59 Å². The SMILES string of the molecule is CCCCCCCC/C=C\C/C=C/C(CC(=O)NC(CO)C(O)CCCCCCCCCCCC)OC(=O)CCCCC/C=C/C=C/CCCCCCCCC. The lowest BCUT2D eigenvalue weighted by Gasteiger charge is -2.23. The average molecular weight is 786 g/mol. The lowest BCUT2D eigenvalue weighted by Crippen LogP contribution is -2.46. The highest BCUT2D eigenvalue weighted by Gasteiger charge is 2.23. The van der Waals surface area contributed by atoms with E-state index >= 15 is 0 Å². The summed E-state index contributed by atoms with van der Waals surface area (Å²) in [6.45, 7) is 6.41. The molecule has 0 rings (SSSR count). The molecule has 0 aliphatic carbocycles. The predicted octanol–water partition coefficient (Wildman–Crippen LogP) is 13.9. The fraction of sp³-hybridized carbons (Fsp3) is 0.800. The predicted molar refractivity (Wildman–Crippen MR) is 241 cm³/mol. The zero-order chi connectivity index (χ0) is 41.0. The van der Waals surface area contributed by atoms with Crippen LogP contribution in [-0.4, -0.2) is 46.9 Å². The van der Waals surface area contributed by atoms with Crippen molar-refractivity contribution in [2.45, 2.75) is 251 Å².